The second-order valence-electron chi connectivity index (χ2n) is 8.27. The summed E-state index contributed by atoms with van der Waals surface area (Å²) in [4.78, 5) is 33.6. The normalized spacial score (nSPS) is 14.7. The van der Waals surface area contributed by atoms with Crippen LogP contribution in [-0.2, 0) is 0 Å². The maximum atomic E-state index is 13.8. The van der Waals surface area contributed by atoms with Gasteiger partial charge in [-0.05, 0) is 61.9 Å². The third-order valence-corrected chi connectivity index (χ3v) is 6.13. The molecule has 1 unspecified atom stereocenters. The molecule has 36 heavy (non-hydrogen) atoms. The summed E-state index contributed by atoms with van der Waals surface area (Å²) in [5.74, 6) is 0.952. The van der Waals surface area contributed by atoms with E-state index >= 15 is 0 Å². The largest absolute Gasteiger partial charge is 0.490 e. The predicted octanol–water partition coefficient (Wildman–Crippen LogP) is 5.86. The van der Waals surface area contributed by atoms with Gasteiger partial charge in [0, 0.05) is 10.7 Å². The van der Waals surface area contributed by atoms with Crippen molar-refractivity contribution in [3.8, 4) is 11.5 Å². The summed E-state index contributed by atoms with van der Waals surface area (Å²) in [5, 5.41) is 0.698. The fraction of sp³-hybridized carbons (Fsp3) is 0.179. The summed E-state index contributed by atoms with van der Waals surface area (Å²) in [6.07, 6.45) is 1.64. The highest BCUT2D eigenvalue weighted by Gasteiger charge is 2.44. The van der Waals surface area contributed by atoms with Crippen LogP contribution in [0.1, 0.15) is 40.3 Å². The quantitative estimate of drug-likeness (QED) is 0.294. The number of halogens is 1. The second-order valence-corrected chi connectivity index (χ2v) is 8.70. The van der Waals surface area contributed by atoms with Crippen LogP contribution >= 0.6 is 11.6 Å². The van der Waals surface area contributed by atoms with Crippen molar-refractivity contribution in [2.75, 3.05) is 18.1 Å². The van der Waals surface area contributed by atoms with E-state index in [2.05, 4.69) is 11.6 Å². The second kappa shape index (κ2) is 9.51. The van der Waals surface area contributed by atoms with Gasteiger partial charge in [0.2, 0.25) is 5.76 Å². The Hall–Kier alpha value is -4.10. The van der Waals surface area contributed by atoms with Crippen LogP contribution in [0.4, 0.5) is 5.82 Å². The molecule has 3 heterocycles. The molecule has 1 aliphatic rings. The number of rotatable bonds is 7. The molecule has 0 saturated heterocycles. The van der Waals surface area contributed by atoms with Crippen LogP contribution in [0.5, 0.6) is 11.5 Å². The van der Waals surface area contributed by atoms with E-state index in [0.717, 1.165) is 5.69 Å². The first-order valence-corrected chi connectivity index (χ1v) is 11.8. The van der Waals surface area contributed by atoms with Crippen LogP contribution in [0.25, 0.3) is 11.0 Å². The number of hydrogen-bond donors (Lipinski definition) is 0. The third kappa shape index (κ3) is 4.01. The minimum Gasteiger partial charge on any atom is -0.490 e. The number of hydrogen-bond acceptors (Lipinski definition) is 6. The Kier molecular flexibility index (Phi) is 6.24. The molecule has 0 fully saturated rings. The van der Waals surface area contributed by atoms with E-state index in [1.54, 1.807) is 48.5 Å². The maximum absolute atomic E-state index is 13.8. The van der Waals surface area contributed by atoms with Crippen molar-refractivity contribution in [2.24, 2.45) is 0 Å². The van der Waals surface area contributed by atoms with Crippen molar-refractivity contribution in [2.45, 2.75) is 19.9 Å². The van der Waals surface area contributed by atoms with Crippen LogP contribution < -0.4 is 19.8 Å². The molecule has 8 heteroatoms. The van der Waals surface area contributed by atoms with Crippen molar-refractivity contribution in [3.05, 3.63) is 105 Å². The Balaban J connectivity index is 1.76. The molecule has 1 aliphatic heterocycles. The van der Waals surface area contributed by atoms with Gasteiger partial charge in [-0.25, -0.2) is 4.98 Å². The Morgan fingerprint density at radius 3 is 2.69 bits per heavy atom. The highest BCUT2D eigenvalue weighted by atomic mass is 35.5. The van der Waals surface area contributed by atoms with E-state index in [-0.39, 0.29) is 22.3 Å². The van der Waals surface area contributed by atoms with E-state index < -0.39 is 11.9 Å². The molecule has 7 nitrogen and oxygen atoms in total. The molecule has 2 aromatic carbocycles. The van der Waals surface area contributed by atoms with Gasteiger partial charge in [0.25, 0.3) is 5.91 Å². The van der Waals surface area contributed by atoms with Gasteiger partial charge in [-0.2, -0.15) is 0 Å². The molecule has 4 aromatic rings. The standard InChI is InChI=1S/C28H23ClN2O5/c1-4-13-35-21-11-9-17(14-22(21)34-5-2)25-24-26(32)19-15-18(29)10-12-20(19)36-27(24)28(33)31(25)23-8-6-7-16(3)30-23/h4,6-12,14-15,25H,1,5,13H2,2-3H3. The van der Waals surface area contributed by atoms with E-state index in [1.165, 1.54) is 4.90 Å². The lowest BCUT2D eigenvalue weighted by Crippen LogP contribution is -2.30. The lowest BCUT2D eigenvalue weighted by molar-refractivity contribution is 0.0970. The first kappa shape index (κ1) is 23.6. The number of aryl methyl sites for hydroxylation is 1. The molecule has 0 N–H and O–H groups in total. The Bertz CT molecular complexity index is 1560. The van der Waals surface area contributed by atoms with Crippen LogP contribution in [0.3, 0.4) is 0 Å². The van der Waals surface area contributed by atoms with Gasteiger partial charge in [0.05, 0.1) is 23.6 Å². The number of anilines is 1. The van der Waals surface area contributed by atoms with E-state index in [4.69, 9.17) is 25.5 Å². The highest BCUT2D eigenvalue weighted by Crippen LogP contribution is 2.43. The molecule has 0 spiro atoms. The number of carbonyl (C=O) groups excluding carboxylic acids is 1. The lowest BCUT2D eigenvalue weighted by Gasteiger charge is -2.25. The lowest BCUT2D eigenvalue weighted by atomic mass is 9.98. The average molecular weight is 503 g/mol. The fourth-order valence-corrected chi connectivity index (χ4v) is 4.56. The molecule has 5 rings (SSSR count). The summed E-state index contributed by atoms with van der Waals surface area (Å²) < 4.78 is 17.6. The Labute approximate surface area is 212 Å². The summed E-state index contributed by atoms with van der Waals surface area (Å²) in [6.45, 7) is 8.10. The topological polar surface area (TPSA) is 81.9 Å². The summed E-state index contributed by atoms with van der Waals surface area (Å²) in [5.41, 5.74) is 1.56. The van der Waals surface area contributed by atoms with Gasteiger partial charge in [0.15, 0.2) is 16.9 Å². The molecule has 0 aliphatic carbocycles. The molecule has 2 aromatic heterocycles. The van der Waals surface area contributed by atoms with Crippen LogP contribution in [0.2, 0.25) is 5.02 Å². The van der Waals surface area contributed by atoms with Crippen LogP contribution in [0, 0.1) is 6.92 Å². The van der Waals surface area contributed by atoms with Gasteiger partial charge in [-0.1, -0.05) is 36.4 Å². The Morgan fingerprint density at radius 2 is 1.94 bits per heavy atom. The highest BCUT2D eigenvalue weighted by molar-refractivity contribution is 6.31. The first-order valence-electron chi connectivity index (χ1n) is 11.5. The molecular weight excluding hydrogens is 480 g/mol. The zero-order chi connectivity index (χ0) is 25.4. The van der Waals surface area contributed by atoms with Gasteiger partial charge in [-0.3, -0.25) is 14.5 Å². The minimum atomic E-state index is -0.797. The predicted molar refractivity (Wildman–Crippen MR) is 138 cm³/mol. The molecule has 0 saturated carbocycles. The minimum absolute atomic E-state index is 0.0203. The molecule has 1 amide bonds. The summed E-state index contributed by atoms with van der Waals surface area (Å²) >= 11 is 6.17. The van der Waals surface area contributed by atoms with Crippen molar-refractivity contribution >= 4 is 34.3 Å². The van der Waals surface area contributed by atoms with Crippen LogP contribution in [0.15, 0.2) is 76.5 Å². The summed E-state index contributed by atoms with van der Waals surface area (Å²) in [6, 6.07) is 14.7. The molecular formula is C28H23ClN2O5. The molecule has 182 valence electrons. The van der Waals surface area contributed by atoms with Gasteiger partial charge < -0.3 is 13.9 Å². The van der Waals surface area contributed by atoms with Crippen molar-refractivity contribution in [1.29, 1.82) is 0 Å². The monoisotopic (exact) mass is 502 g/mol. The van der Waals surface area contributed by atoms with Gasteiger partial charge in [-0.15, -0.1) is 0 Å². The van der Waals surface area contributed by atoms with Crippen molar-refractivity contribution in [1.82, 2.24) is 4.98 Å². The van der Waals surface area contributed by atoms with Gasteiger partial charge in [0.1, 0.15) is 18.0 Å². The van der Waals surface area contributed by atoms with E-state index in [9.17, 15) is 9.59 Å². The molecule has 1 atom stereocenters. The number of aromatic nitrogens is 1. The third-order valence-electron chi connectivity index (χ3n) is 5.89. The smallest absolute Gasteiger partial charge is 0.296 e. The number of carbonyl (C=O) groups is 1. The average Bonchev–Trinajstić information content (AvgIpc) is 3.16. The number of amides is 1. The Morgan fingerprint density at radius 1 is 1.11 bits per heavy atom. The maximum Gasteiger partial charge on any atom is 0.296 e. The fourth-order valence-electron chi connectivity index (χ4n) is 4.39. The molecule has 0 bridgehead atoms. The molecule has 0 radical (unpaired) electrons. The zero-order valence-electron chi connectivity index (χ0n) is 19.8. The van der Waals surface area contributed by atoms with E-state index in [1.807, 2.05) is 26.0 Å². The van der Waals surface area contributed by atoms with Crippen molar-refractivity contribution < 1.29 is 18.7 Å². The van der Waals surface area contributed by atoms with Crippen LogP contribution in [-0.4, -0.2) is 24.1 Å². The number of nitrogens with zero attached hydrogens (tertiary/aromatic N) is 2. The zero-order valence-corrected chi connectivity index (χ0v) is 20.5. The number of ether oxygens (including phenoxy) is 2. The van der Waals surface area contributed by atoms with E-state index in [0.29, 0.717) is 46.5 Å². The number of benzene rings is 2. The van der Waals surface area contributed by atoms with Crippen molar-refractivity contribution in [3.63, 3.8) is 0 Å². The summed E-state index contributed by atoms with van der Waals surface area (Å²) in [7, 11) is 0. The first-order chi connectivity index (χ1) is 17.4. The number of fused-ring (bicyclic) bond motifs is 2. The number of pyridine rings is 1. The SMILES string of the molecule is C=CCOc1ccc(C2c3c(oc4ccc(Cl)cc4c3=O)C(=O)N2c2cccc(C)n2)cc1OCC. The van der Waals surface area contributed by atoms with Gasteiger partial charge >= 0.3 is 0 Å².